The molecule has 1 N–H and O–H groups in total. The first-order valence-corrected chi connectivity index (χ1v) is 9.25. The van der Waals surface area contributed by atoms with E-state index >= 15 is 0 Å². The number of nitrogens with one attached hydrogen (secondary N) is 1. The van der Waals surface area contributed by atoms with Crippen LogP contribution in [0.5, 0.6) is 5.75 Å². The van der Waals surface area contributed by atoms with Crippen molar-refractivity contribution in [1.29, 1.82) is 0 Å². The maximum atomic E-state index is 12.4. The van der Waals surface area contributed by atoms with Crippen LogP contribution in [0.25, 0.3) is 0 Å². The molecule has 0 spiro atoms. The highest BCUT2D eigenvalue weighted by Gasteiger charge is 2.34. The number of carbonyl (C=O) groups excluding carboxylic acids is 1. The van der Waals surface area contributed by atoms with Gasteiger partial charge >= 0.3 is 0 Å². The molecule has 1 aliphatic heterocycles. The van der Waals surface area contributed by atoms with E-state index in [1.807, 2.05) is 62.4 Å². The van der Waals surface area contributed by atoms with Gasteiger partial charge in [0.15, 0.2) is 0 Å². The molecule has 0 saturated heterocycles. The minimum absolute atomic E-state index is 0.0208. The van der Waals surface area contributed by atoms with Crippen LogP contribution in [-0.4, -0.2) is 17.3 Å². The fraction of sp³-hybridized carbons (Fsp3) is 0.316. The van der Waals surface area contributed by atoms with Gasteiger partial charge in [-0.1, -0.05) is 29.8 Å². The SMILES string of the molecule is CC1(C)C[C@H](NC(=O)CSc2ccc(Cl)cc2)c2ccccc2O1. The zero-order chi connectivity index (χ0) is 17.2. The van der Waals surface area contributed by atoms with Gasteiger partial charge < -0.3 is 10.1 Å². The molecule has 2 aromatic rings. The monoisotopic (exact) mass is 361 g/mol. The molecule has 0 fully saturated rings. The second kappa shape index (κ2) is 7.08. The number of halogens is 1. The number of hydrogen-bond acceptors (Lipinski definition) is 3. The molecular weight excluding hydrogens is 342 g/mol. The lowest BCUT2D eigenvalue weighted by Gasteiger charge is -2.37. The van der Waals surface area contributed by atoms with E-state index in [1.165, 1.54) is 11.8 Å². The summed E-state index contributed by atoms with van der Waals surface area (Å²) >= 11 is 7.38. The lowest BCUT2D eigenvalue weighted by atomic mass is 9.90. The van der Waals surface area contributed by atoms with Crippen molar-refractivity contribution in [3.63, 3.8) is 0 Å². The molecule has 5 heteroatoms. The van der Waals surface area contributed by atoms with Gasteiger partial charge in [-0.05, 0) is 44.2 Å². The highest BCUT2D eigenvalue weighted by molar-refractivity contribution is 8.00. The zero-order valence-electron chi connectivity index (χ0n) is 13.7. The smallest absolute Gasteiger partial charge is 0.230 e. The van der Waals surface area contributed by atoms with E-state index in [2.05, 4.69) is 5.32 Å². The lowest BCUT2D eigenvalue weighted by Crippen LogP contribution is -2.41. The number of carbonyl (C=O) groups is 1. The molecule has 1 atom stereocenters. The van der Waals surface area contributed by atoms with Crippen molar-refractivity contribution in [2.24, 2.45) is 0 Å². The molecule has 0 bridgehead atoms. The standard InChI is InChI=1S/C19H20ClNO2S/c1-19(2)11-16(15-5-3-4-6-17(15)23-19)21-18(22)12-24-14-9-7-13(20)8-10-14/h3-10,16H,11-12H2,1-2H3,(H,21,22)/t16-/m0/s1. The highest BCUT2D eigenvalue weighted by atomic mass is 35.5. The average Bonchev–Trinajstić information content (AvgIpc) is 2.53. The van der Waals surface area contributed by atoms with Crippen LogP contribution in [0.2, 0.25) is 5.02 Å². The summed E-state index contributed by atoms with van der Waals surface area (Å²) in [4.78, 5) is 13.4. The molecule has 2 aromatic carbocycles. The molecule has 0 aromatic heterocycles. The Kier molecular flexibility index (Phi) is 5.07. The third-order valence-corrected chi connectivity index (χ3v) is 5.16. The first kappa shape index (κ1) is 17.2. The van der Waals surface area contributed by atoms with Crippen molar-refractivity contribution in [2.45, 2.75) is 36.8 Å². The number of rotatable bonds is 4. The summed E-state index contributed by atoms with van der Waals surface area (Å²) in [7, 11) is 0. The van der Waals surface area contributed by atoms with E-state index < -0.39 is 0 Å². The Balaban J connectivity index is 1.64. The van der Waals surface area contributed by atoms with Crippen LogP contribution in [0, 0.1) is 0 Å². The van der Waals surface area contributed by atoms with Crippen LogP contribution in [0.3, 0.4) is 0 Å². The zero-order valence-corrected chi connectivity index (χ0v) is 15.3. The molecule has 0 radical (unpaired) electrons. The van der Waals surface area contributed by atoms with E-state index in [-0.39, 0.29) is 17.6 Å². The first-order valence-electron chi connectivity index (χ1n) is 7.89. The van der Waals surface area contributed by atoms with Crippen LogP contribution in [0.15, 0.2) is 53.4 Å². The summed E-state index contributed by atoms with van der Waals surface area (Å²) in [5.74, 6) is 1.25. The van der Waals surface area contributed by atoms with Crippen molar-refractivity contribution in [3.05, 3.63) is 59.1 Å². The van der Waals surface area contributed by atoms with Gasteiger partial charge in [0.25, 0.3) is 0 Å². The van der Waals surface area contributed by atoms with Gasteiger partial charge in [0, 0.05) is 21.9 Å². The lowest BCUT2D eigenvalue weighted by molar-refractivity contribution is -0.119. The molecule has 0 aliphatic carbocycles. The molecule has 0 unspecified atom stereocenters. The summed E-state index contributed by atoms with van der Waals surface area (Å²) < 4.78 is 6.00. The molecule has 3 nitrogen and oxygen atoms in total. The van der Waals surface area contributed by atoms with E-state index in [4.69, 9.17) is 16.3 Å². The normalized spacial score (nSPS) is 18.4. The molecule has 24 heavy (non-hydrogen) atoms. The second-order valence-corrected chi connectivity index (χ2v) is 7.95. The van der Waals surface area contributed by atoms with Gasteiger partial charge in [0.05, 0.1) is 11.8 Å². The van der Waals surface area contributed by atoms with Gasteiger partial charge in [-0.25, -0.2) is 0 Å². The number of amides is 1. The van der Waals surface area contributed by atoms with Gasteiger partial charge in [-0.2, -0.15) is 0 Å². The molecule has 126 valence electrons. The van der Waals surface area contributed by atoms with E-state index in [9.17, 15) is 4.79 Å². The van der Waals surface area contributed by atoms with Gasteiger partial charge in [-0.3, -0.25) is 4.79 Å². The third-order valence-electron chi connectivity index (χ3n) is 3.90. The fourth-order valence-electron chi connectivity index (χ4n) is 2.85. The third kappa shape index (κ3) is 4.25. The number of hydrogen-bond donors (Lipinski definition) is 1. The van der Waals surface area contributed by atoms with Crippen molar-refractivity contribution in [2.75, 3.05) is 5.75 Å². The summed E-state index contributed by atoms with van der Waals surface area (Å²) in [6.07, 6.45) is 0.751. The van der Waals surface area contributed by atoms with Crippen LogP contribution >= 0.6 is 23.4 Å². The number of para-hydroxylation sites is 1. The Bertz CT molecular complexity index is 730. The van der Waals surface area contributed by atoms with Crippen molar-refractivity contribution in [3.8, 4) is 5.75 Å². The number of benzene rings is 2. The quantitative estimate of drug-likeness (QED) is 0.791. The molecule has 3 rings (SSSR count). The van der Waals surface area contributed by atoms with Crippen LogP contribution in [-0.2, 0) is 4.79 Å². The van der Waals surface area contributed by atoms with Gasteiger partial charge in [0.2, 0.25) is 5.91 Å². The second-order valence-electron chi connectivity index (χ2n) is 6.47. The van der Waals surface area contributed by atoms with Crippen molar-refractivity contribution >= 4 is 29.3 Å². The molecule has 1 aliphatic rings. The maximum Gasteiger partial charge on any atom is 0.230 e. The van der Waals surface area contributed by atoms with Crippen LogP contribution in [0.4, 0.5) is 0 Å². The van der Waals surface area contributed by atoms with Crippen molar-refractivity contribution < 1.29 is 9.53 Å². The Hall–Kier alpha value is -1.65. The Labute approximate surface area is 151 Å². The maximum absolute atomic E-state index is 12.4. The Morgan fingerprint density at radius 1 is 1.25 bits per heavy atom. The molecule has 0 saturated carbocycles. The van der Waals surface area contributed by atoms with Crippen LogP contribution < -0.4 is 10.1 Å². The fourth-order valence-corrected chi connectivity index (χ4v) is 3.68. The number of fused-ring (bicyclic) bond motifs is 1. The van der Waals surface area contributed by atoms with Crippen LogP contribution in [0.1, 0.15) is 31.9 Å². The first-order chi connectivity index (χ1) is 11.4. The molecule has 1 heterocycles. The average molecular weight is 362 g/mol. The Morgan fingerprint density at radius 2 is 1.96 bits per heavy atom. The minimum atomic E-state index is -0.296. The van der Waals surface area contributed by atoms with E-state index in [1.54, 1.807) is 0 Å². The Morgan fingerprint density at radius 3 is 2.71 bits per heavy atom. The molecular formula is C19H20ClNO2S. The summed E-state index contributed by atoms with van der Waals surface area (Å²) in [6, 6.07) is 15.4. The topological polar surface area (TPSA) is 38.3 Å². The van der Waals surface area contributed by atoms with Gasteiger partial charge in [-0.15, -0.1) is 11.8 Å². The predicted octanol–water partition coefficient (Wildman–Crippen LogP) is 4.85. The summed E-state index contributed by atoms with van der Waals surface area (Å²) in [6.45, 7) is 4.09. The number of thioether (sulfide) groups is 1. The van der Waals surface area contributed by atoms with E-state index in [0.717, 1.165) is 22.6 Å². The largest absolute Gasteiger partial charge is 0.487 e. The predicted molar refractivity (Wildman–Crippen MR) is 98.8 cm³/mol. The summed E-state index contributed by atoms with van der Waals surface area (Å²) in [5, 5.41) is 3.85. The van der Waals surface area contributed by atoms with Gasteiger partial charge in [0.1, 0.15) is 11.4 Å². The number of ether oxygens (including phenoxy) is 1. The molecule has 1 amide bonds. The van der Waals surface area contributed by atoms with E-state index in [0.29, 0.717) is 10.8 Å². The summed E-state index contributed by atoms with van der Waals surface area (Å²) in [5.41, 5.74) is 0.747. The van der Waals surface area contributed by atoms with Crippen molar-refractivity contribution in [1.82, 2.24) is 5.32 Å². The minimum Gasteiger partial charge on any atom is -0.487 e. The highest BCUT2D eigenvalue weighted by Crippen LogP contribution is 2.39.